The Morgan fingerprint density at radius 3 is 2.20 bits per heavy atom. The van der Waals surface area contributed by atoms with Gasteiger partial charge in [-0.05, 0) is 19.3 Å². The van der Waals surface area contributed by atoms with Crippen molar-refractivity contribution in [3.8, 4) is 0 Å². The van der Waals surface area contributed by atoms with Crippen molar-refractivity contribution in [2.24, 2.45) is 5.92 Å². The first-order chi connectivity index (χ1) is 7.17. The summed E-state index contributed by atoms with van der Waals surface area (Å²) in [4.78, 5) is 14.0. The Bertz CT molecular complexity index is 168. The van der Waals surface area contributed by atoms with Crippen LogP contribution in [0.3, 0.4) is 0 Å². The predicted molar refractivity (Wildman–Crippen MR) is 65.9 cm³/mol. The van der Waals surface area contributed by atoms with E-state index in [1.165, 1.54) is 12.8 Å². The van der Waals surface area contributed by atoms with Crippen LogP contribution in [0.15, 0.2) is 0 Å². The highest BCUT2D eigenvalue weighted by molar-refractivity contribution is 5.78. The molecule has 1 unspecified atom stereocenters. The van der Waals surface area contributed by atoms with Gasteiger partial charge >= 0.3 is 0 Å². The van der Waals surface area contributed by atoms with Crippen LogP contribution in [0.25, 0.3) is 0 Å². The summed E-state index contributed by atoms with van der Waals surface area (Å²) < 4.78 is 0. The summed E-state index contributed by atoms with van der Waals surface area (Å²) in [5, 5.41) is 0. The minimum Gasteiger partial charge on any atom is -0.342 e. The number of nitrogens with zero attached hydrogens (tertiary/aromatic N) is 1. The molecule has 0 aromatic rings. The van der Waals surface area contributed by atoms with E-state index in [4.69, 9.17) is 0 Å². The number of unbranched alkanes of at least 4 members (excludes halogenated alkanes) is 2. The van der Waals surface area contributed by atoms with Crippen molar-refractivity contribution >= 4 is 5.91 Å². The molecule has 0 bridgehead atoms. The van der Waals surface area contributed by atoms with Gasteiger partial charge in [0.25, 0.3) is 0 Å². The molecule has 0 fully saturated rings. The first-order valence-corrected chi connectivity index (χ1v) is 6.46. The maximum atomic E-state index is 12.0. The van der Waals surface area contributed by atoms with E-state index in [9.17, 15) is 4.79 Å². The first kappa shape index (κ1) is 14.5. The van der Waals surface area contributed by atoms with Gasteiger partial charge in [0.1, 0.15) is 0 Å². The van der Waals surface area contributed by atoms with E-state index in [2.05, 4.69) is 20.8 Å². The highest BCUT2D eigenvalue weighted by Crippen LogP contribution is 2.09. The normalized spacial score (nSPS) is 12.5. The summed E-state index contributed by atoms with van der Waals surface area (Å²) in [7, 11) is 0. The summed E-state index contributed by atoms with van der Waals surface area (Å²) in [6.45, 7) is 10.3. The van der Waals surface area contributed by atoms with Gasteiger partial charge in [0.05, 0.1) is 0 Å². The molecule has 0 heterocycles. The van der Waals surface area contributed by atoms with Crippen LogP contribution in [-0.4, -0.2) is 23.9 Å². The molecule has 0 radical (unpaired) electrons. The van der Waals surface area contributed by atoms with Crippen molar-refractivity contribution in [1.29, 1.82) is 0 Å². The average molecular weight is 213 g/mol. The molecule has 0 N–H and O–H groups in total. The monoisotopic (exact) mass is 213 g/mol. The lowest BCUT2D eigenvalue weighted by atomic mass is 10.1. The molecule has 0 aliphatic rings. The van der Waals surface area contributed by atoms with Gasteiger partial charge in [0.15, 0.2) is 0 Å². The standard InChI is InChI=1S/C13H27NO/c1-5-8-9-11-14(10-6-2)13(15)12(4)7-3/h12H,5-11H2,1-4H3. The van der Waals surface area contributed by atoms with Crippen LogP contribution < -0.4 is 0 Å². The Morgan fingerprint density at radius 1 is 1.07 bits per heavy atom. The molecule has 0 aliphatic carbocycles. The predicted octanol–water partition coefficient (Wildman–Crippen LogP) is 3.46. The Kier molecular flexibility index (Phi) is 8.44. The second-order valence-electron chi connectivity index (χ2n) is 4.34. The van der Waals surface area contributed by atoms with Crippen molar-refractivity contribution in [3.63, 3.8) is 0 Å². The number of hydrogen-bond acceptors (Lipinski definition) is 1. The average Bonchev–Trinajstić information content (AvgIpc) is 2.26. The summed E-state index contributed by atoms with van der Waals surface area (Å²) in [5.41, 5.74) is 0. The lowest BCUT2D eigenvalue weighted by Gasteiger charge is -2.25. The maximum Gasteiger partial charge on any atom is 0.225 e. The van der Waals surface area contributed by atoms with Crippen LogP contribution in [-0.2, 0) is 4.79 Å². The Labute approximate surface area is 95.0 Å². The molecule has 2 nitrogen and oxygen atoms in total. The molecule has 0 aromatic carbocycles. The number of carbonyl (C=O) groups excluding carboxylic acids is 1. The highest BCUT2D eigenvalue weighted by Gasteiger charge is 2.17. The van der Waals surface area contributed by atoms with Crippen LogP contribution in [0.4, 0.5) is 0 Å². The second kappa shape index (κ2) is 8.75. The Hall–Kier alpha value is -0.530. The zero-order valence-electron chi connectivity index (χ0n) is 10.9. The molecule has 15 heavy (non-hydrogen) atoms. The van der Waals surface area contributed by atoms with Crippen LogP contribution in [0.1, 0.15) is 59.8 Å². The fourth-order valence-corrected chi connectivity index (χ4v) is 1.64. The summed E-state index contributed by atoms with van der Waals surface area (Å²) in [5.74, 6) is 0.536. The van der Waals surface area contributed by atoms with E-state index < -0.39 is 0 Å². The van der Waals surface area contributed by atoms with Crippen molar-refractivity contribution in [2.75, 3.05) is 13.1 Å². The number of hydrogen-bond donors (Lipinski definition) is 0. The van der Waals surface area contributed by atoms with E-state index in [1.807, 2.05) is 11.8 Å². The van der Waals surface area contributed by atoms with E-state index >= 15 is 0 Å². The highest BCUT2D eigenvalue weighted by atomic mass is 16.2. The molecule has 0 rings (SSSR count). The molecule has 0 aliphatic heterocycles. The van der Waals surface area contributed by atoms with Gasteiger partial charge in [-0.1, -0.05) is 40.5 Å². The van der Waals surface area contributed by atoms with Crippen LogP contribution >= 0.6 is 0 Å². The Balaban J connectivity index is 4.06. The molecule has 2 heteroatoms. The van der Waals surface area contributed by atoms with Gasteiger partial charge in [0.2, 0.25) is 5.91 Å². The van der Waals surface area contributed by atoms with Gasteiger partial charge in [-0.3, -0.25) is 4.79 Å². The minimum absolute atomic E-state index is 0.193. The van der Waals surface area contributed by atoms with Crippen LogP contribution in [0, 0.1) is 5.92 Å². The molecule has 1 amide bonds. The largest absolute Gasteiger partial charge is 0.342 e. The lowest BCUT2D eigenvalue weighted by molar-refractivity contribution is -0.135. The fraction of sp³-hybridized carbons (Fsp3) is 0.923. The topological polar surface area (TPSA) is 20.3 Å². The number of amides is 1. The van der Waals surface area contributed by atoms with Crippen molar-refractivity contribution < 1.29 is 4.79 Å². The molecule has 0 aromatic heterocycles. The van der Waals surface area contributed by atoms with E-state index in [0.29, 0.717) is 5.91 Å². The van der Waals surface area contributed by atoms with Gasteiger partial charge in [-0.15, -0.1) is 0 Å². The van der Waals surface area contributed by atoms with Crippen molar-refractivity contribution in [3.05, 3.63) is 0 Å². The van der Waals surface area contributed by atoms with E-state index in [-0.39, 0.29) is 5.92 Å². The maximum absolute atomic E-state index is 12.0. The minimum atomic E-state index is 0.193. The smallest absolute Gasteiger partial charge is 0.225 e. The SMILES string of the molecule is CCCCCN(CCC)C(=O)C(C)CC. The molecule has 0 spiro atoms. The third kappa shape index (κ3) is 5.81. The molecular weight excluding hydrogens is 186 g/mol. The molecule has 1 atom stereocenters. The zero-order chi connectivity index (χ0) is 11.7. The second-order valence-corrected chi connectivity index (χ2v) is 4.34. The molecule has 90 valence electrons. The number of carbonyl (C=O) groups is 1. The lowest BCUT2D eigenvalue weighted by Crippen LogP contribution is -2.36. The molecule has 0 saturated carbocycles. The summed E-state index contributed by atoms with van der Waals surface area (Å²) in [6, 6.07) is 0. The van der Waals surface area contributed by atoms with Crippen molar-refractivity contribution in [2.45, 2.75) is 59.8 Å². The zero-order valence-corrected chi connectivity index (χ0v) is 10.9. The van der Waals surface area contributed by atoms with Gasteiger partial charge < -0.3 is 4.90 Å². The van der Waals surface area contributed by atoms with E-state index in [1.54, 1.807) is 0 Å². The number of rotatable bonds is 8. The Morgan fingerprint density at radius 2 is 1.73 bits per heavy atom. The third-order valence-corrected chi connectivity index (χ3v) is 2.87. The molecule has 0 saturated heterocycles. The van der Waals surface area contributed by atoms with Crippen LogP contribution in [0.5, 0.6) is 0 Å². The third-order valence-electron chi connectivity index (χ3n) is 2.87. The fourth-order valence-electron chi connectivity index (χ4n) is 1.64. The van der Waals surface area contributed by atoms with Gasteiger partial charge in [-0.2, -0.15) is 0 Å². The summed E-state index contributed by atoms with van der Waals surface area (Å²) >= 11 is 0. The van der Waals surface area contributed by atoms with Crippen molar-refractivity contribution in [1.82, 2.24) is 4.90 Å². The van der Waals surface area contributed by atoms with Gasteiger partial charge in [0, 0.05) is 19.0 Å². The van der Waals surface area contributed by atoms with Gasteiger partial charge in [-0.25, -0.2) is 0 Å². The molecular formula is C13H27NO. The van der Waals surface area contributed by atoms with E-state index in [0.717, 1.165) is 32.4 Å². The first-order valence-electron chi connectivity index (χ1n) is 6.46. The quantitative estimate of drug-likeness (QED) is 0.565. The summed E-state index contributed by atoms with van der Waals surface area (Å²) in [6.07, 6.45) is 5.62. The van der Waals surface area contributed by atoms with Crippen LogP contribution in [0.2, 0.25) is 0 Å².